The van der Waals surface area contributed by atoms with Crippen molar-refractivity contribution >= 4 is 12.4 Å². The number of aliphatic imine (C=N–C) groups is 2. The Morgan fingerprint density at radius 3 is 1.62 bits per heavy atom. The second kappa shape index (κ2) is 9.90. The summed E-state index contributed by atoms with van der Waals surface area (Å²) in [5.41, 5.74) is 2.68. The van der Waals surface area contributed by atoms with Crippen molar-refractivity contribution in [2.24, 2.45) is 9.98 Å². The van der Waals surface area contributed by atoms with E-state index in [1.54, 1.807) is 50.5 Å². The first-order valence-electron chi connectivity index (χ1n) is 7.62. The minimum absolute atomic E-state index is 0. The van der Waals surface area contributed by atoms with Crippen LogP contribution < -0.4 is 10.2 Å². The average Bonchev–Trinajstić information content (AvgIpc) is 2.54. The van der Waals surface area contributed by atoms with E-state index >= 15 is 0 Å². The number of nitrogens with zero attached hydrogens (tertiary/aromatic N) is 2. The van der Waals surface area contributed by atoms with E-state index in [-0.39, 0.29) is 28.3 Å². The Hall–Kier alpha value is -2.11. The first-order chi connectivity index (χ1) is 11.1. The standard InChI is InChI=1S/C19H22N2O2.Co/c1-14-6-3-8-16(18(14)22)12-20-10-5-11-21-13-17-9-4-7-15(2)19(17)23;/h3-4,6-9,12-13,22-23H,5,10-11H2,1-2H3;/q;+2/p-2. The van der Waals surface area contributed by atoms with Crippen molar-refractivity contribution in [3.63, 3.8) is 0 Å². The molecule has 0 aromatic heterocycles. The van der Waals surface area contributed by atoms with E-state index in [0.29, 0.717) is 24.2 Å². The molecule has 0 bridgehead atoms. The zero-order valence-electron chi connectivity index (χ0n) is 13.8. The van der Waals surface area contributed by atoms with E-state index in [4.69, 9.17) is 0 Å². The van der Waals surface area contributed by atoms with E-state index in [9.17, 15) is 10.2 Å². The smallest absolute Gasteiger partial charge is 0.872 e. The van der Waals surface area contributed by atoms with Crippen LogP contribution in [0.3, 0.4) is 0 Å². The molecule has 0 atom stereocenters. The predicted octanol–water partition coefficient (Wildman–Crippen LogP) is 2.38. The Morgan fingerprint density at radius 1 is 0.792 bits per heavy atom. The molecule has 4 nitrogen and oxygen atoms in total. The summed E-state index contributed by atoms with van der Waals surface area (Å²) in [6.45, 7) is 4.79. The number of benzene rings is 2. The summed E-state index contributed by atoms with van der Waals surface area (Å²) >= 11 is 0. The van der Waals surface area contributed by atoms with Gasteiger partial charge in [-0.2, -0.15) is 0 Å². The van der Waals surface area contributed by atoms with Gasteiger partial charge in [0.15, 0.2) is 0 Å². The SMILES string of the molecule is Cc1cccc(C=NCCCN=Cc2cccc(C)c2[O-])c1[O-].[Co+2]. The van der Waals surface area contributed by atoms with Crippen molar-refractivity contribution in [2.75, 3.05) is 13.1 Å². The van der Waals surface area contributed by atoms with Crippen LogP contribution in [0.25, 0.3) is 0 Å². The second-order valence-corrected chi connectivity index (χ2v) is 5.41. The van der Waals surface area contributed by atoms with Gasteiger partial charge in [0, 0.05) is 25.5 Å². The van der Waals surface area contributed by atoms with Gasteiger partial charge in [-0.15, -0.1) is 0 Å². The Balaban J connectivity index is 0.00000288. The van der Waals surface area contributed by atoms with Crippen molar-refractivity contribution in [1.29, 1.82) is 0 Å². The summed E-state index contributed by atoms with van der Waals surface area (Å²) in [4.78, 5) is 8.52. The molecule has 0 spiro atoms. The van der Waals surface area contributed by atoms with Crippen molar-refractivity contribution in [3.8, 4) is 11.5 Å². The zero-order valence-corrected chi connectivity index (χ0v) is 14.8. The zero-order chi connectivity index (χ0) is 16.7. The largest absolute Gasteiger partial charge is 2.00 e. The molecule has 24 heavy (non-hydrogen) atoms. The molecule has 0 saturated heterocycles. The predicted molar refractivity (Wildman–Crippen MR) is 90.8 cm³/mol. The van der Waals surface area contributed by atoms with E-state index in [2.05, 4.69) is 9.98 Å². The average molecular weight is 367 g/mol. The first kappa shape index (κ1) is 19.9. The molecule has 0 aliphatic heterocycles. The molecule has 0 N–H and O–H groups in total. The van der Waals surface area contributed by atoms with Crippen LogP contribution in [-0.2, 0) is 16.8 Å². The molecule has 0 aliphatic carbocycles. The molecule has 0 fully saturated rings. The maximum absolute atomic E-state index is 11.8. The third kappa shape index (κ3) is 5.51. The normalized spacial score (nSPS) is 11.1. The van der Waals surface area contributed by atoms with Gasteiger partial charge in [-0.25, -0.2) is 0 Å². The van der Waals surface area contributed by atoms with Crippen LogP contribution in [0.15, 0.2) is 46.4 Å². The van der Waals surface area contributed by atoms with Gasteiger partial charge >= 0.3 is 16.8 Å². The van der Waals surface area contributed by atoms with E-state index < -0.39 is 0 Å². The molecule has 0 saturated carbocycles. The van der Waals surface area contributed by atoms with Crippen molar-refractivity contribution < 1.29 is 27.0 Å². The van der Waals surface area contributed by atoms with Gasteiger partial charge in [-0.3, -0.25) is 9.98 Å². The topological polar surface area (TPSA) is 70.8 Å². The summed E-state index contributed by atoms with van der Waals surface area (Å²) in [6, 6.07) is 10.8. The van der Waals surface area contributed by atoms with Gasteiger partial charge in [0.2, 0.25) is 0 Å². The van der Waals surface area contributed by atoms with Gasteiger partial charge in [0.1, 0.15) is 0 Å². The van der Waals surface area contributed by atoms with Crippen LogP contribution in [0.4, 0.5) is 0 Å². The molecule has 0 unspecified atom stereocenters. The molecule has 5 heteroatoms. The molecule has 2 aromatic rings. The van der Waals surface area contributed by atoms with Crippen LogP contribution in [0, 0.1) is 13.8 Å². The van der Waals surface area contributed by atoms with Gasteiger partial charge in [0.25, 0.3) is 0 Å². The quantitative estimate of drug-likeness (QED) is 0.581. The molecule has 0 amide bonds. The fourth-order valence-electron chi connectivity index (χ4n) is 2.13. The molecule has 2 rings (SSSR count). The molecule has 0 heterocycles. The molecule has 127 valence electrons. The van der Waals surface area contributed by atoms with Crippen LogP contribution in [0.1, 0.15) is 28.7 Å². The molecule has 0 aliphatic rings. The summed E-state index contributed by atoms with van der Waals surface area (Å²) in [5, 5.41) is 23.6. The third-order valence-electron chi connectivity index (χ3n) is 3.52. The maximum Gasteiger partial charge on any atom is 2.00 e. The van der Waals surface area contributed by atoms with Gasteiger partial charge < -0.3 is 10.2 Å². The maximum atomic E-state index is 11.8. The van der Waals surface area contributed by atoms with Crippen molar-refractivity contribution in [3.05, 3.63) is 58.7 Å². The molecular formula is C19H20CoN2O2. The van der Waals surface area contributed by atoms with E-state index in [1.165, 1.54) is 0 Å². The van der Waals surface area contributed by atoms with Crippen molar-refractivity contribution in [2.45, 2.75) is 20.3 Å². The molecule has 1 radical (unpaired) electrons. The Kier molecular flexibility index (Phi) is 8.22. The molecule has 2 aromatic carbocycles. The number of hydrogen-bond acceptors (Lipinski definition) is 4. The summed E-state index contributed by atoms with van der Waals surface area (Å²) in [6.07, 6.45) is 4.01. The van der Waals surface area contributed by atoms with Gasteiger partial charge in [-0.1, -0.05) is 59.0 Å². The van der Waals surface area contributed by atoms with E-state index in [1.807, 2.05) is 12.1 Å². The van der Waals surface area contributed by atoms with E-state index in [0.717, 1.165) is 17.5 Å². The van der Waals surface area contributed by atoms with Gasteiger partial charge in [0.05, 0.1) is 0 Å². The number of hydrogen-bond donors (Lipinski definition) is 0. The van der Waals surface area contributed by atoms with Crippen LogP contribution >= 0.6 is 0 Å². The summed E-state index contributed by atoms with van der Waals surface area (Å²) < 4.78 is 0. The monoisotopic (exact) mass is 367 g/mol. The van der Waals surface area contributed by atoms with Crippen molar-refractivity contribution in [1.82, 2.24) is 0 Å². The first-order valence-corrected chi connectivity index (χ1v) is 7.62. The van der Waals surface area contributed by atoms with Gasteiger partial charge in [-0.05, 0) is 31.4 Å². The third-order valence-corrected chi connectivity index (χ3v) is 3.52. The minimum atomic E-state index is 0. The fraction of sp³-hybridized carbons (Fsp3) is 0.263. The Labute approximate surface area is 153 Å². The summed E-state index contributed by atoms with van der Waals surface area (Å²) in [5.74, 6) is 0.0494. The second-order valence-electron chi connectivity index (χ2n) is 5.41. The van der Waals surface area contributed by atoms with Crippen LogP contribution in [0.2, 0.25) is 0 Å². The van der Waals surface area contributed by atoms with Crippen LogP contribution in [0.5, 0.6) is 11.5 Å². The number of para-hydroxylation sites is 2. The fourth-order valence-corrected chi connectivity index (χ4v) is 2.13. The molecular weight excluding hydrogens is 347 g/mol. The number of rotatable bonds is 6. The van der Waals surface area contributed by atoms with Crippen LogP contribution in [-0.4, -0.2) is 25.5 Å². The Morgan fingerprint density at radius 2 is 1.21 bits per heavy atom. The number of aryl methyl sites for hydroxylation is 2. The summed E-state index contributed by atoms with van der Waals surface area (Å²) in [7, 11) is 0. The Bertz CT molecular complexity index is 666. The minimum Gasteiger partial charge on any atom is -0.872 e.